The molecule has 0 aromatic heterocycles. The lowest BCUT2D eigenvalue weighted by atomic mass is 9.78. The van der Waals surface area contributed by atoms with Crippen molar-refractivity contribution in [1.82, 2.24) is 5.32 Å². The average molecular weight is 528 g/mol. The fraction of sp³-hybridized carbons (Fsp3) is 0.296. The maximum atomic E-state index is 12.5. The molecular formula is C27H29NO10. The highest BCUT2D eigenvalue weighted by molar-refractivity contribution is 5.89. The zero-order valence-corrected chi connectivity index (χ0v) is 20.7. The van der Waals surface area contributed by atoms with Gasteiger partial charge in [0.15, 0.2) is 11.5 Å². The van der Waals surface area contributed by atoms with Crippen LogP contribution in [0.15, 0.2) is 48.6 Å². The summed E-state index contributed by atoms with van der Waals surface area (Å²) in [6.07, 6.45) is -0.560. The van der Waals surface area contributed by atoms with Gasteiger partial charge in [-0.2, -0.15) is 0 Å². The zero-order valence-electron chi connectivity index (χ0n) is 20.7. The molecule has 1 saturated carbocycles. The molecule has 11 nitrogen and oxygen atoms in total. The number of carbonyl (C=O) groups is 3. The molecule has 0 aliphatic heterocycles. The molecule has 0 radical (unpaired) electrons. The summed E-state index contributed by atoms with van der Waals surface area (Å²) in [5, 5.41) is 52.8. The number of phenolic OH excluding ortho intramolecular Hbond substituents is 3. The summed E-state index contributed by atoms with van der Waals surface area (Å²) in [5.74, 6) is -3.33. The van der Waals surface area contributed by atoms with Crippen LogP contribution in [-0.2, 0) is 23.9 Å². The maximum Gasteiger partial charge on any atom is 0.331 e. The number of amides is 1. The predicted octanol–water partition coefficient (Wildman–Crippen LogP) is 1.29. The minimum Gasteiger partial charge on any atom is -0.508 e. The van der Waals surface area contributed by atoms with Gasteiger partial charge in [0.2, 0.25) is 0 Å². The Hall–Kier alpha value is -4.35. The van der Waals surface area contributed by atoms with Gasteiger partial charge in [-0.05, 0) is 54.0 Å². The topological polar surface area (TPSA) is 183 Å². The van der Waals surface area contributed by atoms with Crippen molar-refractivity contribution in [3.8, 4) is 17.2 Å². The lowest BCUT2D eigenvalue weighted by Gasteiger charge is -2.41. The molecule has 0 unspecified atom stereocenters. The molecule has 2 aromatic carbocycles. The van der Waals surface area contributed by atoms with Crippen molar-refractivity contribution >= 4 is 30.0 Å². The molecule has 1 aliphatic carbocycles. The van der Waals surface area contributed by atoms with Gasteiger partial charge in [-0.1, -0.05) is 18.2 Å². The minimum atomic E-state index is -2.11. The van der Waals surface area contributed by atoms with Gasteiger partial charge in [0.1, 0.15) is 29.7 Å². The molecule has 1 amide bonds. The van der Waals surface area contributed by atoms with Gasteiger partial charge in [0, 0.05) is 32.0 Å². The SMILES string of the molecule is CNC(=O)[C@@]1(O)C[C@@H](OC(=O)/C=C/c2ccc(C)c(O)c2)[C@H](O)[C@H](OC(=O)/C=C/c2ccc(O)c(O)c2)C1. The maximum absolute atomic E-state index is 12.5. The van der Waals surface area contributed by atoms with E-state index in [-0.39, 0.29) is 11.5 Å². The highest BCUT2D eigenvalue weighted by Gasteiger charge is 2.51. The molecule has 0 heterocycles. The molecule has 2 aromatic rings. The van der Waals surface area contributed by atoms with Crippen LogP contribution in [0.3, 0.4) is 0 Å². The second-order valence-corrected chi connectivity index (χ2v) is 8.92. The Bertz CT molecular complexity index is 1180. The molecule has 1 aliphatic rings. The summed E-state index contributed by atoms with van der Waals surface area (Å²) < 4.78 is 10.6. The van der Waals surface area contributed by atoms with E-state index >= 15 is 0 Å². The average Bonchev–Trinajstić information content (AvgIpc) is 2.87. The number of aryl methyl sites for hydroxylation is 1. The van der Waals surface area contributed by atoms with Crippen molar-refractivity contribution in [3.63, 3.8) is 0 Å². The van der Waals surface area contributed by atoms with Gasteiger partial charge < -0.3 is 40.3 Å². The van der Waals surface area contributed by atoms with Gasteiger partial charge >= 0.3 is 11.9 Å². The Kier molecular flexibility index (Phi) is 8.76. The number of carbonyl (C=O) groups excluding carboxylic acids is 3. The van der Waals surface area contributed by atoms with Crippen molar-refractivity contribution in [3.05, 3.63) is 65.2 Å². The second-order valence-electron chi connectivity index (χ2n) is 8.92. The second kappa shape index (κ2) is 11.8. The van der Waals surface area contributed by atoms with Crippen LogP contribution >= 0.6 is 0 Å². The molecular weight excluding hydrogens is 498 g/mol. The fourth-order valence-corrected chi connectivity index (χ4v) is 3.95. The van der Waals surface area contributed by atoms with Gasteiger partial charge in [-0.15, -0.1) is 0 Å². The largest absolute Gasteiger partial charge is 0.508 e. The number of ether oxygens (including phenoxy) is 2. The number of rotatable bonds is 7. The molecule has 3 rings (SSSR count). The molecule has 0 bridgehead atoms. The van der Waals surface area contributed by atoms with Crippen LogP contribution in [-0.4, -0.2) is 74.3 Å². The van der Waals surface area contributed by atoms with Crippen molar-refractivity contribution in [2.75, 3.05) is 7.05 Å². The number of hydrogen-bond donors (Lipinski definition) is 6. The van der Waals surface area contributed by atoms with E-state index < -0.39 is 60.3 Å². The van der Waals surface area contributed by atoms with Crippen LogP contribution in [0.5, 0.6) is 17.2 Å². The minimum absolute atomic E-state index is 0.0415. The first kappa shape index (κ1) is 28.2. The summed E-state index contributed by atoms with van der Waals surface area (Å²) in [6.45, 7) is 1.71. The van der Waals surface area contributed by atoms with Crippen molar-refractivity contribution in [2.45, 2.75) is 43.7 Å². The Labute approximate surface area is 218 Å². The Balaban J connectivity index is 1.73. The molecule has 4 atom stereocenters. The number of aromatic hydroxyl groups is 3. The standard InChI is InChI=1S/C27H29NO10/c1-15-3-4-16(11-19(15)30)6-9-23(32)37-21-13-27(36,26(35)28-2)14-22(25(21)34)38-24(33)10-7-17-5-8-18(29)20(31)12-17/h3-12,21-22,25,29-31,34,36H,13-14H2,1-2H3,(H,28,35)/b9-6+,10-7+/t21-,22-,25+,27-/m1/s1. The van der Waals surface area contributed by atoms with Gasteiger partial charge in [0.05, 0.1) is 0 Å². The molecule has 0 spiro atoms. The molecule has 6 N–H and O–H groups in total. The van der Waals surface area contributed by atoms with E-state index in [0.717, 1.165) is 12.2 Å². The number of esters is 2. The van der Waals surface area contributed by atoms with Crippen LogP contribution in [0.2, 0.25) is 0 Å². The summed E-state index contributed by atoms with van der Waals surface area (Å²) in [5.41, 5.74) is -0.580. The summed E-state index contributed by atoms with van der Waals surface area (Å²) in [6, 6.07) is 8.64. The number of hydrogen-bond acceptors (Lipinski definition) is 10. The Morgan fingerprint density at radius 2 is 1.37 bits per heavy atom. The van der Waals surface area contributed by atoms with Crippen molar-refractivity contribution in [1.29, 1.82) is 0 Å². The van der Waals surface area contributed by atoms with E-state index in [0.29, 0.717) is 16.7 Å². The number of nitrogens with one attached hydrogen (secondary N) is 1. The third kappa shape index (κ3) is 6.90. The normalized spacial score (nSPS) is 23.3. The smallest absolute Gasteiger partial charge is 0.331 e. The summed E-state index contributed by atoms with van der Waals surface area (Å²) in [4.78, 5) is 37.2. The van der Waals surface area contributed by atoms with Crippen LogP contribution in [0.25, 0.3) is 12.2 Å². The summed E-state index contributed by atoms with van der Waals surface area (Å²) >= 11 is 0. The number of aliphatic hydroxyl groups excluding tert-OH is 1. The van der Waals surface area contributed by atoms with E-state index in [1.165, 1.54) is 43.5 Å². The zero-order chi connectivity index (χ0) is 28.0. The molecule has 11 heteroatoms. The third-order valence-electron chi connectivity index (χ3n) is 6.08. The number of benzene rings is 2. The highest BCUT2D eigenvalue weighted by Crippen LogP contribution is 2.33. The molecule has 1 fully saturated rings. The van der Waals surface area contributed by atoms with E-state index in [2.05, 4.69) is 5.32 Å². The van der Waals surface area contributed by atoms with Gasteiger partial charge in [-0.25, -0.2) is 9.59 Å². The van der Waals surface area contributed by atoms with E-state index in [1.807, 2.05) is 0 Å². The first-order valence-corrected chi connectivity index (χ1v) is 11.6. The van der Waals surface area contributed by atoms with Crippen LogP contribution < -0.4 is 5.32 Å². The molecule has 202 valence electrons. The Morgan fingerprint density at radius 3 is 1.84 bits per heavy atom. The van der Waals surface area contributed by atoms with E-state index in [1.54, 1.807) is 19.1 Å². The predicted molar refractivity (Wildman–Crippen MR) is 135 cm³/mol. The van der Waals surface area contributed by atoms with Crippen LogP contribution in [0.1, 0.15) is 29.5 Å². The van der Waals surface area contributed by atoms with Crippen LogP contribution in [0, 0.1) is 6.92 Å². The summed E-state index contributed by atoms with van der Waals surface area (Å²) in [7, 11) is 1.29. The first-order valence-electron chi connectivity index (χ1n) is 11.6. The highest BCUT2D eigenvalue weighted by atomic mass is 16.6. The van der Waals surface area contributed by atoms with E-state index in [4.69, 9.17) is 9.47 Å². The molecule has 0 saturated heterocycles. The number of phenols is 3. The Morgan fingerprint density at radius 1 is 0.868 bits per heavy atom. The van der Waals surface area contributed by atoms with Gasteiger partial charge in [0.25, 0.3) is 5.91 Å². The lowest BCUT2D eigenvalue weighted by molar-refractivity contribution is -0.196. The van der Waals surface area contributed by atoms with Crippen molar-refractivity contribution < 1.29 is 49.4 Å². The number of aliphatic hydroxyl groups is 2. The fourth-order valence-electron chi connectivity index (χ4n) is 3.95. The monoisotopic (exact) mass is 527 g/mol. The third-order valence-corrected chi connectivity index (χ3v) is 6.08. The van der Waals surface area contributed by atoms with Gasteiger partial charge in [-0.3, -0.25) is 4.79 Å². The number of likely N-dealkylation sites (N-methyl/N-ethyl adjacent to an activating group) is 1. The quantitative estimate of drug-likeness (QED) is 0.174. The molecule has 38 heavy (non-hydrogen) atoms. The first-order chi connectivity index (χ1) is 17.9. The van der Waals surface area contributed by atoms with Crippen LogP contribution in [0.4, 0.5) is 0 Å². The van der Waals surface area contributed by atoms with E-state index in [9.17, 15) is 39.9 Å². The van der Waals surface area contributed by atoms with Crippen molar-refractivity contribution in [2.24, 2.45) is 0 Å². The lowest BCUT2D eigenvalue weighted by Crippen LogP contribution is -2.60.